The molecule has 38 heavy (non-hydrogen) atoms. The molecule has 1 aromatic heterocycles. The predicted octanol–water partition coefficient (Wildman–Crippen LogP) is 6.14. The largest absolute Gasteiger partial charge is 0.483 e. The molecule has 1 amide bonds. The lowest BCUT2D eigenvalue weighted by atomic mass is 9.88. The first kappa shape index (κ1) is 25.6. The van der Waals surface area contributed by atoms with E-state index < -0.39 is 11.7 Å². The number of halogens is 2. The maximum Gasteiger partial charge on any atom is 0.282 e. The SMILES string of the molecule is O=C(COc1ccc(Cl)cc1C=Nn1c(C2CCCCC2)nc2ccccc2c1=O)Nc1ccccc1F. The molecule has 9 heteroatoms. The molecular weight excluding hydrogens is 507 g/mol. The molecule has 194 valence electrons. The van der Waals surface area contributed by atoms with Gasteiger partial charge in [-0.3, -0.25) is 9.59 Å². The Morgan fingerprint density at radius 3 is 2.68 bits per heavy atom. The third kappa shape index (κ3) is 5.75. The van der Waals surface area contributed by atoms with Gasteiger partial charge in [-0.15, -0.1) is 0 Å². The van der Waals surface area contributed by atoms with Crippen molar-refractivity contribution in [3.63, 3.8) is 0 Å². The number of para-hydroxylation sites is 2. The van der Waals surface area contributed by atoms with Gasteiger partial charge in [-0.25, -0.2) is 9.37 Å². The van der Waals surface area contributed by atoms with E-state index in [0.29, 0.717) is 33.1 Å². The van der Waals surface area contributed by atoms with Crippen LogP contribution in [-0.4, -0.2) is 28.4 Å². The second-order valence-electron chi connectivity index (χ2n) is 9.18. The summed E-state index contributed by atoms with van der Waals surface area (Å²) < 4.78 is 20.9. The number of amides is 1. The molecule has 0 bridgehead atoms. The van der Waals surface area contributed by atoms with Gasteiger partial charge in [-0.05, 0) is 55.3 Å². The average Bonchev–Trinajstić information content (AvgIpc) is 2.93. The van der Waals surface area contributed by atoms with Crippen LogP contribution in [0.3, 0.4) is 0 Å². The Hall–Kier alpha value is -4.04. The molecule has 7 nitrogen and oxygen atoms in total. The van der Waals surface area contributed by atoms with E-state index in [1.165, 1.54) is 35.5 Å². The number of hydrogen-bond acceptors (Lipinski definition) is 5. The minimum atomic E-state index is -0.539. The number of nitrogens with one attached hydrogen (secondary N) is 1. The number of benzene rings is 3. The number of ether oxygens (including phenoxy) is 1. The first-order valence-electron chi connectivity index (χ1n) is 12.5. The number of nitrogens with zero attached hydrogens (tertiary/aromatic N) is 3. The highest BCUT2D eigenvalue weighted by Crippen LogP contribution is 2.32. The first-order valence-corrected chi connectivity index (χ1v) is 12.9. The molecule has 0 unspecified atom stereocenters. The van der Waals surface area contributed by atoms with Crippen molar-refractivity contribution < 1.29 is 13.9 Å². The molecule has 1 fully saturated rings. The van der Waals surface area contributed by atoms with E-state index in [0.717, 1.165) is 25.7 Å². The third-order valence-electron chi connectivity index (χ3n) is 6.54. The summed E-state index contributed by atoms with van der Waals surface area (Å²) in [5.74, 6) is 0.0440. The van der Waals surface area contributed by atoms with Crippen LogP contribution in [0, 0.1) is 5.82 Å². The van der Waals surface area contributed by atoms with Crippen LogP contribution >= 0.6 is 11.6 Å². The molecule has 0 saturated heterocycles. The maximum atomic E-state index is 13.9. The fourth-order valence-electron chi connectivity index (χ4n) is 4.64. The van der Waals surface area contributed by atoms with Crippen molar-refractivity contribution in [2.24, 2.45) is 5.10 Å². The Kier molecular flexibility index (Phi) is 7.79. The molecule has 0 aliphatic heterocycles. The molecule has 3 aromatic carbocycles. The molecule has 4 aromatic rings. The molecule has 1 heterocycles. The molecular formula is C29H26ClFN4O3. The zero-order valence-electron chi connectivity index (χ0n) is 20.6. The smallest absolute Gasteiger partial charge is 0.282 e. The number of rotatable bonds is 7. The molecule has 0 atom stereocenters. The lowest BCUT2D eigenvalue weighted by Crippen LogP contribution is -2.25. The number of hydrogen-bond donors (Lipinski definition) is 1. The van der Waals surface area contributed by atoms with E-state index in [9.17, 15) is 14.0 Å². The van der Waals surface area contributed by atoms with E-state index in [-0.39, 0.29) is 23.8 Å². The summed E-state index contributed by atoms with van der Waals surface area (Å²) in [6.07, 6.45) is 6.72. The Morgan fingerprint density at radius 2 is 1.87 bits per heavy atom. The van der Waals surface area contributed by atoms with Crippen LogP contribution in [0.25, 0.3) is 10.9 Å². The quantitative estimate of drug-likeness (QED) is 0.290. The summed E-state index contributed by atoms with van der Waals surface area (Å²) in [7, 11) is 0. The van der Waals surface area contributed by atoms with E-state index >= 15 is 0 Å². The minimum Gasteiger partial charge on any atom is -0.483 e. The first-order chi connectivity index (χ1) is 18.5. The zero-order chi connectivity index (χ0) is 26.5. The van der Waals surface area contributed by atoms with Gasteiger partial charge in [0.2, 0.25) is 0 Å². The molecule has 0 spiro atoms. The molecule has 1 N–H and O–H groups in total. The van der Waals surface area contributed by atoms with Crippen molar-refractivity contribution in [3.05, 3.63) is 99.3 Å². The van der Waals surface area contributed by atoms with Crippen LogP contribution in [0.15, 0.2) is 76.6 Å². The highest BCUT2D eigenvalue weighted by molar-refractivity contribution is 6.30. The summed E-state index contributed by atoms with van der Waals surface area (Å²) in [5, 5.41) is 7.94. The molecule has 5 rings (SSSR count). The van der Waals surface area contributed by atoms with E-state index in [2.05, 4.69) is 10.4 Å². The minimum absolute atomic E-state index is 0.0670. The van der Waals surface area contributed by atoms with Gasteiger partial charge in [-0.2, -0.15) is 9.78 Å². The van der Waals surface area contributed by atoms with Crippen LogP contribution in [-0.2, 0) is 4.79 Å². The Balaban J connectivity index is 1.43. The van der Waals surface area contributed by atoms with Crippen molar-refractivity contribution in [2.45, 2.75) is 38.0 Å². The standard InChI is InChI=1S/C29H26ClFN4O3/c30-21-14-15-26(38-18-27(36)33-25-13-7-5-11-23(25)31)20(16-21)17-32-35-28(19-8-2-1-3-9-19)34-24-12-6-4-10-22(24)29(35)37/h4-7,10-17,19H,1-3,8-9,18H2,(H,33,36). The van der Waals surface area contributed by atoms with Gasteiger partial charge >= 0.3 is 0 Å². The third-order valence-corrected chi connectivity index (χ3v) is 6.78. The molecule has 1 aliphatic carbocycles. The average molecular weight is 533 g/mol. The summed E-state index contributed by atoms with van der Waals surface area (Å²) in [6, 6.07) is 18.0. The number of aromatic nitrogens is 2. The highest BCUT2D eigenvalue weighted by Gasteiger charge is 2.22. The van der Waals surface area contributed by atoms with Gasteiger partial charge in [0.05, 0.1) is 22.8 Å². The number of carbonyl (C=O) groups excluding carboxylic acids is 1. The van der Waals surface area contributed by atoms with Crippen LogP contribution in [0.5, 0.6) is 5.75 Å². The Bertz CT molecular complexity index is 1560. The Morgan fingerprint density at radius 1 is 1.11 bits per heavy atom. The second-order valence-corrected chi connectivity index (χ2v) is 9.62. The van der Waals surface area contributed by atoms with Gasteiger partial charge in [-0.1, -0.05) is 55.1 Å². The molecule has 1 saturated carbocycles. The van der Waals surface area contributed by atoms with Crippen molar-refractivity contribution in [3.8, 4) is 5.75 Å². The second kappa shape index (κ2) is 11.6. The van der Waals surface area contributed by atoms with Gasteiger partial charge in [0.1, 0.15) is 17.4 Å². The van der Waals surface area contributed by atoms with Gasteiger partial charge in [0.25, 0.3) is 11.5 Å². The topological polar surface area (TPSA) is 85.6 Å². The monoisotopic (exact) mass is 532 g/mol. The molecule has 0 radical (unpaired) electrons. The van der Waals surface area contributed by atoms with E-state index in [1.54, 1.807) is 36.4 Å². The predicted molar refractivity (Wildman–Crippen MR) is 147 cm³/mol. The summed E-state index contributed by atoms with van der Waals surface area (Å²) >= 11 is 6.23. The van der Waals surface area contributed by atoms with Crippen LogP contribution in [0.2, 0.25) is 5.02 Å². The van der Waals surface area contributed by atoms with E-state index in [4.69, 9.17) is 21.3 Å². The summed E-state index contributed by atoms with van der Waals surface area (Å²) in [4.78, 5) is 30.6. The number of fused-ring (bicyclic) bond motifs is 1. The lowest BCUT2D eigenvalue weighted by molar-refractivity contribution is -0.118. The summed E-state index contributed by atoms with van der Waals surface area (Å²) in [5.41, 5.74) is 0.946. The highest BCUT2D eigenvalue weighted by atomic mass is 35.5. The maximum absolute atomic E-state index is 13.9. The Labute approximate surface area is 223 Å². The van der Waals surface area contributed by atoms with Crippen molar-refractivity contribution in [1.29, 1.82) is 0 Å². The molecule has 1 aliphatic rings. The fourth-order valence-corrected chi connectivity index (χ4v) is 4.82. The zero-order valence-corrected chi connectivity index (χ0v) is 21.3. The van der Waals surface area contributed by atoms with Gasteiger partial charge in [0, 0.05) is 16.5 Å². The number of carbonyl (C=O) groups is 1. The van der Waals surface area contributed by atoms with Crippen LogP contribution in [0.4, 0.5) is 10.1 Å². The van der Waals surface area contributed by atoms with Crippen LogP contribution < -0.4 is 15.6 Å². The van der Waals surface area contributed by atoms with Gasteiger partial charge in [0.15, 0.2) is 6.61 Å². The van der Waals surface area contributed by atoms with Crippen LogP contribution in [0.1, 0.15) is 49.4 Å². The van der Waals surface area contributed by atoms with E-state index in [1.807, 2.05) is 12.1 Å². The van der Waals surface area contributed by atoms with Gasteiger partial charge < -0.3 is 10.1 Å². The fraction of sp³-hybridized carbons (Fsp3) is 0.241. The number of anilines is 1. The summed E-state index contributed by atoms with van der Waals surface area (Å²) in [6.45, 7) is -0.360. The van der Waals surface area contributed by atoms with Crippen molar-refractivity contribution in [2.75, 3.05) is 11.9 Å². The van der Waals surface area contributed by atoms with Crippen molar-refractivity contribution in [1.82, 2.24) is 9.66 Å². The van der Waals surface area contributed by atoms with Crippen molar-refractivity contribution >= 4 is 40.3 Å². The normalized spacial score (nSPS) is 14.2. The lowest BCUT2D eigenvalue weighted by Gasteiger charge is -2.22.